The summed E-state index contributed by atoms with van der Waals surface area (Å²) in [7, 11) is 0. The molecule has 0 bridgehead atoms. The van der Waals surface area contributed by atoms with Crippen molar-refractivity contribution < 1.29 is 4.79 Å². The number of hydrogen-bond acceptors (Lipinski definition) is 6. The minimum Gasteiger partial charge on any atom is -0.335 e. The Morgan fingerprint density at radius 2 is 1.87 bits per heavy atom. The second kappa shape index (κ2) is 8.74. The summed E-state index contributed by atoms with van der Waals surface area (Å²) >= 11 is 1.26. The van der Waals surface area contributed by atoms with Gasteiger partial charge in [-0.3, -0.25) is 4.79 Å². The Morgan fingerprint density at radius 1 is 1.16 bits per heavy atom. The molecule has 3 N–H and O–H groups in total. The number of rotatable bonds is 6. The molecule has 9 heteroatoms. The third kappa shape index (κ3) is 4.76. The van der Waals surface area contributed by atoms with Crippen LogP contribution in [0.4, 0.5) is 5.82 Å². The third-order valence-electron chi connectivity index (χ3n) is 5.61. The molecule has 0 spiro atoms. The maximum Gasteiger partial charge on any atom is 0.235 e. The fraction of sp³-hybridized carbons (Fsp3) is 0.455. The molecule has 0 radical (unpaired) electrons. The molecule has 0 unspecified atom stereocenters. The number of amides is 1. The second-order valence-electron chi connectivity index (χ2n) is 8.94. The van der Waals surface area contributed by atoms with Gasteiger partial charge in [-0.05, 0) is 23.8 Å². The van der Waals surface area contributed by atoms with Crippen molar-refractivity contribution in [2.24, 2.45) is 0 Å². The van der Waals surface area contributed by atoms with Gasteiger partial charge in [-0.25, -0.2) is 9.36 Å². The van der Waals surface area contributed by atoms with E-state index in [1.807, 2.05) is 22.9 Å². The number of carbonyl (C=O) groups excluding carboxylic acids is 1. The van der Waals surface area contributed by atoms with Crippen molar-refractivity contribution >= 4 is 23.5 Å². The fourth-order valence-electron chi connectivity index (χ4n) is 3.85. The van der Waals surface area contributed by atoms with Crippen molar-refractivity contribution in [2.75, 3.05) is 16.9 Å². The average Bonchev–Trinajstić information content (AvgIpc) is 3.47. The van der Waals surface area contributed by atoms with Crippen LogP contribution in [0.2, 0.25) is 0 Å². The van der Waals surface area contributed by atoms with Crippen LogP contribution in [0.25, 0.3) is 11.4 Å². The molecule has 164 valence electrons. The van der Waals surface area contributed by atoms with Gasteiger partial charge in [0.25, 0.3) is 0 Å². The van der Waals surface area contributed by atoms with E-state index in [1.165, 1.54) is 34.8 Å². The monoisotopic (exact) mass is 439 g/mol. The minimum absolute atomic E-state index is 0.0798. The summed E-state index contributed by atoms with van der Waals surface area (Å²) in [5, 5.41) is 16.2. The molecule has 0 atom stereocenters. The van der Waals surface area contributed by atoms with Crippen LogP contribution in [0.3, 0.4) is 0 Å². The fourth-order valence-corrected chi connectivity index (χ4v) is 4.51. The van der Waals surface area contributed by atoms with Crippen LogP contribution in [0.15, 0.2) is 41.7 Å². The van der Waals surface area contributed by atoms with Gasteiger partial charge in [0.15, 0.2) is 5.82 Å². The highest BCUT2D eigenvalue weighted by Gasteiger charge is 2.21. The van der Waals surface area contributed by atoms with E-state index in [1.54, 1.807) is 6.20 Å². The van der Waals surface area contributed by atoms with E-state index in [4.69, 9.17) is 5.84 Å². The molecule has 1 aliphatic rings. The number of nitrogens with zero attached hydrogens (tertiary/aromatic N) is 5. The number of carbonyl (C=O) groups is 1. The number of hydrogen-bond donors (Lipinski definition) is 2. The smallest absolute Gasteiger partial charge is 0.235 e. The first-order chi connectivity index (χ1) is 14.8. The molecule has 0 saturated heterocycles. The van der Waals surface area contributed by atoms with E-state index in [9.17, 15) is 4.79 Å². The minimum atomic E-state index is -0.121. The third-order valence-corrected chi connectivity index (χ3v) is 6.56. The van der Waals surface area contributed by atoms with Crippen LogP contribution in [-0.4, -0.2) is 36.3 Å². The zero-order valence-electron chi connectivity index (χ0n) is 18.2. The van der Waals surface area contributed by atoms with Gasteiger partial charge in [0.1, 0.15) is 5.82 Å². The zero-order chi connectivity index (χ0) is 22.0. The molecule has 2 heterocycles. The Labute approximate surface area is 186 Å². The highest BCUT2D eigenvalue weighted by atomic mass is 32.2. The molecule has 3 aromatic rings. The summed E-state index contributed by atoms with van der Waals surface area (Å²) in [6.45, 7) is 6.52. The van der Waals surface area contributed by atoms with Crippen molar-refractivity contribution in [3.63, 3.8) is 0 Å². The highest BCUT2D eigenvalue weighted by molar-refractivity contribution is 7.99. The standard InChI is InChI=1S/C22H29N7OS/c1-22(2,3)16-10-8-15(9-11-16)20-26-27-21(28(20)23)31-14-19(30)25-18-12-13-24-29(18)17-6-4-5-7-17/h8-13,17H,4-7,14,23H2,1-3H3,(H,25,30). The van der Waals surface area contributed by atoms with E-state index < -0.39 is 0 Å². The highest BCUT2D eigenvalue weighted by Crippen LogP contribution is 2.31. The first-order valence-electron chi connectivity index (χ1n) is 10.6. The lowest BCUT2D eigenvalue weighted by Gasteiger charge is -2.19. The molecule has 1 fully saturated rings. The van der Waals surface area contributed by atoms with E-state index in [-0.39, 0.29) is 17.1 Å². The van der Waals surface area contributed by atoms with E-state index in [0.29, 0.717) is 17.0 Å². The van der Waals surface area contributed by atoms with Crippen LogP contribution in [0.1, 0.15) is 58.1 Å². The normalized spacial score (nSPS) is 14.8. The molecular weight excluding hydrogens is 410 g/mol. The van der Waals surface area contributed by atoms with Gasteiger partial charge >= 0.3 is 0 Å². The van der Waals surface area contributed by atoms with E-state index in [0.717, 1.165) is 24.2 Å². The van der Waals surface area contributed by atoms with Crippen LogP contribution >= 0.6 is 11.8 Å². The van der Waals surface area contributed by atoms with E-state index >= 15 is 0 Å². The SMILES string of the molecule is CC(C)(C)c1ccc(-c2nnc(SCC(=O)Nc3ccnn3C3CCCC3)n2N)cc1. The van der Waals surface area contributed by atoms with Crippen molar-refractivity contribution in [1.82, 2.24) is 24.7 Å². The van der Waals surface area contributed by atoms with Gasteiger partial charge in [0.05, 0.1) is 18.0 Å². The summed E-state index contributed by atoms with van der Waals surface area (Å²) in [5.41, 5.74) is 2.21. The number of nitrogen functional groups attached to an aromatic ring is 1. The Kier molecular flexibility index (Phi) is 6.04. The van der Waals surface area contributed by atoms with Crippen LogP contribution < -0.4 is 11.2 Å². The zero-order valence-corrected chi connectivity index (χ0v) is 19.0. The lowest BCUT2D eigenvalue weighted by Crippen LogP contribution is -2.20. The number of aromatic nitrogens is 5. The van der Waals surface area contributed by atoms with Gasteiger partial charge in [-0.2, -0.15) is 5.10 Å². The van der Waals surface area contributed by atoms with Crippen LogP contribution in [-0.2, 0) is 10.2 Å². The number of anilines is 1. The van der Waals surface area contributed by atoms with E-state index in [2.05, 4.69) is 53.5 Å². The van der Waals surface area contributed by atoms with Gasteiger partial charge in [0, 0.05) is 11.6 Å². The summed E-state index contributed by atoms with van der Waals surface area (Å²) in [5.74, 6) is 7.59. The maximum atomic E-state index is 12.5. The van der Waals surface area contributed by atoms with Crippen molar-refractivity contribution in [3.8, 4) is 11.4 Å². The topological polar surface area (TPSA) is 104 Å². The summed E-state index contributed by atoms with van der Waals surface area (Å²) in [6.07, 6.45) is 6.36. The molecule has 1 aliphatic carbocycles. The molecule has 8 nitrogen and oxygen atoms in total. The lowest BCUT2D eigenvalue weighted by atomic mass is 9.87. The van der Waals surface area contributed by atoms with Gasteiger partial charge < -0.3 is 11.2 Å². The number of thioether (sulfide) groups is 1. The van der Waals surface area contributed by atoms with Crippen molar-refractivity contribution in [1.29, 1.82) is 0 Å². The lowest BCUT2D eigenvalue weighted by molar-refractivity contribution is -0.113. The average molecular weight is 440 g/mol. The van der Waals surface area contributed by atoms with Crippen molar-refractivity contribution in [2.45, 2.75) is 63.1 Å². The largest absolute Gasteiger partial charge is 0.335 e. The number of nitrogens with one attached hydrogen (secondary N) is 1. The Bertz CT molecular complexity index is 1040. The van der Waals surface area contributed by atoms with Gasteiger partial charge in [-0.1, -0.05) is 69.6 Å². The molecule has 31 heavy (non-hydrogen) atoms. The quantitative estimate of drug-likeness (QED) is 0.444. The predicted molar refractivity (Wildman–Crippen MR) is 123 cm³/mol. The Balaban J connectivity index is 1.38. The molecule has 0 aliphatic heterocycles. The predicted octanol–water partition coefficient (Wildman–Crippen LogP) is 4.00. The maximum absolute atomic E-state index is 12.5. The van der Waals surface area contributed by atoms with Crippen LogP contribution in [0.5, 0.6) is 0 Å². The number of benzene rings is 1. The molecule has 1 saturated carbocycles. The first kappa shape index (κ1) is 21.4. The van der Waals surface area contributed by atoms with Crippen molar-refractivity contribution in [3.05, 3.63) is 42.1 Å². The molecule has 1 amide bonds. The van der Waals surface area contributed by atoms with Crippen LogP contribution in [0, 0.1) is 0 Å². The molecule has 1 aromatic carbocycles. The molecular formula is C22H29N7OS. The summed E-state index contributed by atoms with van der Waals surface area (Å²) < 4.78 is 3.37. The number of nitrogens with two attached hydrogens (primary N) is 1. The summed E-state index contributed by atoms with van der Waals surface area (Å²) in [4.78, 5) is 12.5. The molecule has 4 rings (SSSR count). The second-order valence-corrected chi connectivity index (χ2v) is 9.88. The Morgan fingerprint density at radius 3 is 2.55 bits per heavy atom. The molecule has 2 aromatic heterocycles. The Hall–Kier alpha value is -2.81. The van der Waals surface area contributed by atoms with Gasteiger partial charge in [-0.15, -0.1) is 10.2 Å². The summed E-state index contributed by atoms with van der Waals surface area (Å²) in [6, 6.07) is 10.4. The van der Waals surface area contributed by atoms with Gasteiger partial charge in [0.2, 0.25) is 11.1 Å². The first-order valence-corrected chi connectivity index (χ1v) is 11.6.